The van der Waals surface area contributed by atoms with Gasteiger partial charge >= 0.3 is 0 Å². The molecule has 104 valence electrons. The summed E-state index contributed by atoms with van der Waals surface area (Å²) in [6.45, 7) is 8.09. The Labute approximate surface area is 117 Å². The maximum atomic E-state index is 3.55. The molecule has 0 spiro atoms. The number of aryl methyl sites for hydroxylation is 1. The number of anilines is 1. The average Bonchev–Trinajstić information content (AvgIpc) is 2.46. The first-order chi connectivity index (χ1) is 9.27. The van der Waals surface area contributed by atoms with E-state index in [1.54, 1.807) is 11.1 Å². The van der Waals surface area contributed by atoms with Crippen LogP contribution in [0.5, 0.6) is 0 Å². The van der Waals surface area contributed by atoms with Crippen LogP contribution >= 0.6 is 0 Å². The van der Waals surface area contributed by atoms with Crippen molar-refractivity contribution < 1.29 is 0 Å². The SMILES string of the molecule is CC(C)C1CNCCN1c1cccc2c1CCCC2. The topological polar surface area (TPSA) is 15.3 Å². The smallest absolute Gasteiger partial charge is 0.0438 e. The highest BCUT2D eigenvalue weighted by molar-refractivity contribution is 5.58. The minimum atomic E-state index is 0.641. The van der Waals surface area contributed by atoms with Gasteiger partial charge in [-0.15, -0.1) is 0 Å². The monoisotopic (exact) mass is 258 g/mol. The molecular weight excluding hydrogens is 232 g/mol. The summed E-state index contributed by atoms with van der Waals surface area (Å²) in [5.74, 6) is 0.701. The summed E-state index contributed by atoms with van der Waals surface area (Å²) in [6.07, 6.45) is 5.29. The summed E-state index contributed by atoms with van der Waals surface area (Å²) in [4.78, 5) is 2.67. The van der Waals surface area contributed by atoms with Crippen LogP contribution in [0.1, 0.15) is 37.8 Å². The number of nitrogens with one attached hydrogen (secondary N) is 1. The van der Waals surface area contributed by atoms with Crippen molar-refractivity contribution in [3.63, 3.8) is 0 Å². The van der Waals surface area contributed by atoms with Gasteiger partial charge in [0.1, 0.15) is 0 Å². The minimum Gasteiger partial charge on any atom is -0.366 e. The zero-order valence-corrected chi connectivity index (χ0v) is 12.3. The first-order valence-electron chi connectivity index (χ1n) is 7.85. The first-order valence-corrected chi connectivity index (χ1v) is 7.85. The van der Waals surface area contributed by atoms with Gasteiger partial charge in [0, 0.05) is 31.4 Å². The van der Waals surface area contributed by atoms with E-state index in [4.69, 9.17) is 0 Å². The molecule has 1 unspecified atom stereocenters. The molecule has 0 radical (unpaired) electrons. The normalized spacial score (nSPS) is 23.5. The van der Waals surface area contributed by atoms with Gasteiger partial charge in [0.25, 0.3) is 0 Å². The molecule has 1 aromatic rings. The van der Waals surface area contributed by atoms with Crippen LogP contribution in [0.25, 0.3) is 0 Å². The molecule has 0 saturated carbocycles. The number of nitrogens with zero attached hydrogens (tertiary/aromatic N) is 1. The summed E-state index contributed by atoms with van der Waals surface area (Å²) < 4.78 is 0. The van der Waals surface area contributed by atoms with Crippen molar-refractivity contribution in [1.29, 1.82) is 0 Å². The molecule has 1 atom stereocenters. The molecule has 1 aliphatic carbocycles. The van der Waals surface area contributed by atoms with E-state index in [0.29, 0.717) is 12.0 Å². The highest BCUT2D eigenvalue weighted by atomic mass is 15.2. The van der Waals surface area contributed by atoms with Crippen molar-refractivity contribution in [1.82, 2.24) is 5.32 Å². The standard InChI is InChI=1S/C17H26N2/c1-13(2)17-12-18-10-11-19(17)16-9-5-7-14-6-3-4-8-15(14)16/h5,7,9,13,17-18H,3-4,6,8,10-12H2,1-2H3. The van der Waals surface area contributed by atoms with Crippen molar-refractivity contribution in [3.05, 3.63) is 29.3 Å². The molecule has 1 saturated heterocycles. The lowest BCUT2D eigenvalue weighted by molar-refractivity contribution is 0.389. The van der Waals surface area contributed by atoms with Crippen molar-refractivity contribution in [2.24, 2.45) is 5.92 Å². The zero-order valence-electron chi connectivity index (χ0n) is 12.3. The minimum absolute atomic E-state index is 0.641. The average molecular weight is 258 g/mol. The molecule has 19 heavy (non-hydrogen) atoms. The molecule has 0 aromatic heterocycles. The molecule has 2 heteroatoms. The molecule has 1 N–H and O–H groups in total. The van der Waals surface area contributed by atoms with Gasteiger partial charge in [0.15, 0.2) is 0 Å². The van der Waals surface area contributed by atoms with Crippen LogP contribution in [0.2, 0.25) is 0 Å². The van der Waals surface area contributed by atoms with Gasteiger partial charge in [-0.1, -0.05) is 26.0 Å². The Balaban J connectivity index is 1.95. The van der Waals surface area contributed by atoms with Gasteiger partial charge < -0.3 is 10.2 Å². The van der Waals surface area contributed by atoms with Gasteiger partial charge in [-0.05, 0) is 48.8 Å². The van der Waals surface area contributed by atoms with Gasteiger partial charge in [0.05, 0.1) is 0 Å². The molecule has 1 aliphatic heterocycles. The molecule has 0 bridgehead atoms. The Bertz CT molecular complexity index is 439. The first kappa shape index (κ1) is 13.0. The Morgan fingerprint density at radius 3 is 2.89 bits per heavy atom. The molecule has 2 nitrogen and oxygen atoms in total. The Hall–Kier alpha value is -1.02. The van der Waals surface area contributed by atoms with Crippen molar-refractivity contribution in [2.75, 3.05) is 24.5 Å². The van der Waals surface area contributed by atoms with E-state index in [0.717, 1.165) is 19.6 Å². The van der Waals surface area contributed by atoms with Crippen LogP contribution in [0, 0.1) is 5.92 Å². The van der Waals surface area contributed by atoms with E-state index in [1.165, 1.54) is 31.4 Å². The summed E-state index contributed by atoms with van der Waals surface area (Å²) in [7, 11) is 0. The lowest BCUT2D eigenvalue weighted by Gasteiger charge is -2.42. The Morgan fingerprint density at radius 2 is 2.05 bits per heavy atom. The summed E-state index contributed by atoms with van der Waals surface area (Å²) in [5.41, 5.74) is 4.77. The second-order valence-corrected chi connectivity index (χ2v) is 6.33. The Kier molecular flexibility index (Phi) is 3.79. The van der Waals surface area contributed by atoms with E-state index in [2.05, 4.69) is 42.3 Å². The van der Waals surface area contributed by atoms with Gasteiger partial charge in [-0.25, -0.2) is 0 Å². The summed E-state index contributed by atoms with van der Waals surface area (Å²) >= 11 is 0. The number of rotatable bonds is 2. The quantitative estimate of drug-likeness (QED) is 0.877. The fraction of sp³-hybridized carbons (Fsp3) is 0.647. The van der Waals surface area contributed by atoms with E-state index >= 15 is 0 Å². The predicted molar refractivity (Wildman–Crippen MR) is 81.9 cm³/mol. The van der Waals surface area contributed by atoms with Crippen LogP contribution in [0.4, 0.5) is 5.69 Å². The number of hydrogen-bond acceptors (Lipinski definition) is 2. The fourth-order valence-electron chi connectivity index (χ4n) is 3.65. The van der Waals surface area contributed by atoms with Crippen LogP contribution < -0.4 is 10.2 Å². The molecule has 3 rings (SSSR count). The Morgan fingerprint density at radius 1 is 1.21 bits per heavy atom. The van der Waals surface area contributed by atoms with Crippen molar-refractivity contribution in [2.45, 2.75) is 45.6 Å². The third kappa shape index (κ3) is 2.51. The van der Waals surface area contributed by atoms with Crippen LogP contribution in [0.15, 0.2) is 18.2 Å². The van der Waals surface area contributed by atoms with Gasteiger partial charge in [-0.3, -0.25) is 0 Å². The zero-order chi connectivity index (χ0) is 13.2. The molecule has 2 aliphatic rings. The van der Waals surface area contributed by atoms with Gasteiger partial charge in [0.2, 0.25) is 0 Å². The number of hydrogen-bond donors (Lipinski definition) is 1. The van der Waals surface area contributed by atoms with Crippen molar-refractivity contribution in [3.8, 4) is 0 Å². The number of piperazine rings is 1. The maximum Gasteiger partial charge on any atom is 0.0438 e. The second kappa shape index (κ2) is 5.54. The van der Waals surface area contributed by atoms with E-state index < -0.39 is 0 Å². The van der Waals surface area contributed by atoms with Crippen LogP contribution in [0.3, 0.4) is 0 Å². The van der Waals surface area contributed by atoms with Crippen LogP contribution in [-0.4, -0.2) is 25.7 Å². The largest absolute Gasteiger partial charge is 0.366 e. The molecule has 1 fully saturated rings. The van der Waals surface area contributed by atoms with E-state index in [1.807, 2.05) is 0 Å². The predicted octanol–water partition coefficient (Wildman–Crippen LogP) is 3.00. The van der Waals surface area contributed by atoms with E-state index in [-0.39, 0.29) is 0 Å². The van der Waals surface area contributed by atoms with E-state index in [9.17, 15) is 0 Å². The fourth-order valence-corrected chi connectivity index (χ4v) is 3.65. The third-order valence-corrected chi connectivity index (χ3v) is 4.73. The number of fused-ring (bicyclic) bond motifs is 1. The lowest BCUT2D eigenvalue weighted by Crippen LogP contribution is -2.54. The summed E-state index contributed by atoms with van der Waals surface area (Å²) in [6, 6.07) is 7.59. The molecule has 1 heterocycles. The van der Waals surface area contributed by atoms with Gasteiger partial charge in [-0.2, -0.15) is 0 Å². The molecular formula is C17H26N2. The summed E-state index contributed by atoms with van der Waals surface area (Å²) in [5, 5.41) is 3.55. The maximum absolute atomic E-state index is 3.55. The van der Waals surface area contributed by atoms with Crippen LogP contribution in [-0.2, 0) is 12.8 Å². The second-order valence-electron chi connectivity index (χ2n) is 6.33. The third-order valence-electron chi connectivity index (χ3n) is 4.73. The molecule has 0 amide bonds. The highest BCUT2D eigenvalue weighted by Gasteiger charge is 2.27. The molecule has 1 aromatic carbocycles. The highest BCUT2D eigenvalue weighted by Crippen LogP contribution is 2.32. The number of benzene rings is 1. The lowest BCUT2D eigenvalue weighted by atomic mass is 9.89. The van der Waals surface area contributed by atoms with Crippen molar-refractivity contribution >= 4 is 5.69 Å².